The van der Waals surface area contributed by atoms with Crippen LogP contribution in [0.2, 0.25) is 0 Å². The minimum absolute atomic E-state index is 0.0590. The molecule has 0 aliphatic rings. The average Bonchev–Trinajstić information content (AvgIpc) is 2.67. The van der Waals surface area contributed by atoms with Crippen molar-refractivity contribution in [1.29, 1.82) is 0 Å². The van der Waals surface area contributed by atoms with E-state index in [2.05, 4.69) is 15.2 Å². The summed E-state index contributed by atoms with van der Waals surface area (Å²) in [6, 6.07) is 10.0. The van der Waals surface area contributed by atoms with Crippen LogP contribution < -0.4 is 14.9 Å². The zero-order valence-electron chi connectivity index (χ0n) is 17.4. The number of sulfonamides is 1. The van der Waals surface area contributed by atoms with Gasteiger partial charge >= 0.3 is 0 Å². The van der Waals surface area contributed by atoms with E-state index in [0.29, 0.717) is 17.7 Å². The monoisotopic (exact) mass is 433 g/mol. The number of nitrogens with one attached hydrogen (secondary N) is 2. The molecule has 9 heteroatoms. The Labute approximate surface area is 177 Å². The molecule has 0 saturated carbocycles. The second kappa shape index (κ2) is 10.2. The maximum absolute atomic E-state index is 12.7. The summed E-state index contributed by atoms with van der Waals surface area (Å²) in [5.41, 5.74) is 3.83. The van der Waals surface area contributed by atoms with Crippen LogP contribution in [-0.4, -0.2) is 38.8 Å². The molecule has 0 radical (unpaired) electrons. The molecule has 0 saturated heterocycles. The van der Waals surface area contributed by atoms with E-state index in [-0.39, 0.29) is 16.6 Å². The van der Waals surface area contributed by atoms with Crippen molar-refractivity contribution in [3.8, 4) is 11.5 Å². The topological polar surface area (TPSA) is 117 Å². The number of rotatable bonds is 9. The number of aromatic hydroxyl groups is 1. The molecular formula is C21H27N3O5S. The normalized spacial score (nSPS) is 12.8. The van der Waals surface area contributed by atoms with E-state index >= 15 is 0 Å². The van der Waals surface area contributed by atoms with Crippen LogP contribution in [0, 0.1) is 12.8 Å². The summed E-state index contributed by atoms with van der Waals surface area (Å²) in [6.07, 6.45) is 1.65. The number of phenolic OH excluding ortho intramolecular Hbond substituents is 1. The van der Waals surface area contributed by atoms with Crippen molar-refractivity contribution < 1.29 is 23.1 Å². The highest BCUT2D eigenvalue weighted by atomic mass is 32.2. The third-order valence-corrected chi connectivity index (χ3v) is 5.73. The lowest BCUT2D eigenvalue weighted by molar-refractivity contribution is -0.123. The number of phenols is 1. The smallest absolute Gasteiger partial charge is 0.258 e. The molecule has 1 atom stereocenters. The summed E-state index contributed by atoms with van der Waals surface area (Å²) in [6.45, 7) is 5.65. The molecular weight excluding hydrogens is 406 g/mol. The molecule has 2 aromatic carbocycles. The highest BCUT2D eigenvalue weighted by Gasteiger charge is 2.26. The van der Waals surface area contributed by atoms with Gasteiger partial charge < -0.3 is 9.84 Å². The predicted octanol–water partition coefficient (Wildman–Crippen LogP) is 2.55. The lowest BCUT2D eigenvalue weighted by Crippen LogP contribution is -2.46. The second-order valence-corrected chi connectivity index (χ2v) is 9.00. The molecule has 0 fully saturated rings. The lowest BCUT2D eigenvalue weighted by Gasteiger charge is -2.19. The number of carbonyl (C=O) groups excluding carboxylic acids is 1. The van der Waals surface area contributed by atoms with Gasteiger partial charge in [0.05, 0.1) is 18.2 Å². The molecule has 2 rings (SSSR count). The number of hydrazone groups is 1. The molecule has 0 unspecified atom stereocenters. The van der Waals surface area contributed by atoms with Gasteiger partial charge in [0.15, 0.2) is 11.5 Å². The predicted molar refractivity (Wildman–Crippen MR) is 115 cm³/mol. The van der Waals surface area contributed by atoms with Crippen molar-refractivity contribution in [2.75, 3.05) is 7.11 Å². The standard InChI is InChI=1S/C21H27N3O5S/c1-14(2)11-18(24-30(27,28)17-8-5-15(3)6-9-17)21(26)23-22-13-16-7-10-20(29-4)19(25)12-16/h5-10,12-14,18,24-25H,11H2,1-4H3,(H,23,26)/b22-13-/t18-/m1/s1. The summed E-state index contributed by atoms with van der Waals surface area (Å²) in [5.74, 6) is -0.243. The summed E-state index contributed by atoms with van der Waals surface area (Å²) in [7, 11) is -2.43. The molecule has 0 aliphatic heterocycles. The van der Waals surface area contributed by atoms with Crippen molar-refractivity contribution in [2.24, 2.45) is 11.0 Å². The minimum atomic E-state index is -3.87. The van der Waals surface area contributed by atoms with Gasteiger partial charge in [0.2, 0.25) is 10.0 Å². The number of hydrogen-bond donors (Lipinski definition) is 3. The summed E-state index contributed by atoms with van der Waals surface area (Å²) >= 11 is 0. The van der Waals surface area contributed by atoms with Gasteiger partial charge in [-0.2, -0.15) is 9.82 Å². The largest absolute Gasteiger partial charge is 0.504 e. The van der Waals surface area contributed by atoms with Gasteiger partial charge in [0.25, 0.3) is 5.91 Å². The Bertz CT molecular complexity index is 1000. The fourth-order valence-corrected chi connectivity index (χ4v) is 3.90. The third-order valence-electron chi connectivity index (χ3n) is 4.24. The Morgan fingerprint density at radius 3 is 2.43 bits per heavy atom. The van der Waals surface area contributed by atoms with Crippen molar-refractivity contribution in [2.45, 2.75) is 38.1 Å². The number of aryl methyl sites for hydroxylation is 1. The van der Waals surface area contributed by atoms with Crippen molar-refractivity contribution in [1.82, 2.24) is 10.1 Å². The van der Waals surface area contributed by atoms with E-state index in [0.717, 1.165) is 5.56 Å². The fourth-order valence-electron chi connectivity index (χ4n) is 2.69. The molecule has 8 nitrogen and oxygen atoms in total. The number of carbonyl (C=O) groups is 1. The Balaban J connectivity index is 2.11. The van der Waals surface area contributed by atoms with Crippen LogP contribution in [0.5, 0.6) is 11.5 Å². The first-order chi connectivity index (χ1) is 14.1. The molecule has 1 amide bonds. The lowest BCUT2D eigenvalue weighted by atomic mass is 10.0. The second-order valence-electron chi connectivity index (χ2n) is 7.28. The SMILES string of the molecule is COc1ccc(/C=N\NC(=O)[C@@H](CC(C)C)NS(=O)(=O)c2ccc(C)cc2)cc1O. The quantitative estimate of drug-likeness (QED) is 0.415. The summed E-state index contributed by atoms with van der Waals surface area (Å²) in [4.78, 5) is 12.7. The Morgan fingerprint density at radius 2 is 1.87 bits per heavy atom. The first-order valence-corrected chi connectivity index (χ1v) is 10.9. The molecule has 2 aromatic rings. The average molecular weight is 434 g/mol. The number of ether oxygens (including phenoxy) is 1. The number of benzene rings is 2. The molecule has 3 N–H and O–H groups in total. The van der Waals surface area contributed by atoms with Gasteiger partial charge in [-0.15, -0.1) is 0 Å². The van der Waals surface area contributed by atoms with Crippen LogP contribution in [-0.2, 0) is 14.8 Å². The van der Waals surface area contributed by atoms with Crippen LogP contribution >= 0.6 is 0 Å². The van der Waals surface area contributed by atoms with Crippen LogP contribution in [0.25, 0.3) is 0 Å². The van der Waals surface area contributed by atoms with Gasteiger partial charge in [-0.25, -0.2) is 13.8 Å². The zero-order valence-corrected chi connectivity index (χ0v) is 18.2. The van der Waals surface area contributed by atoms with Gasteiger partial charge in [-0.3, -0.25) is 4.79 Å². The van der Waals surface area contributed by atoms with Crippen LogP contribution in [0.3, 0.4) is 0 Å². The summed E-state index contributed by atoms with van der Waals surface area (Å²) in [5, 5.41) is 13.7. The van der Waals surface area contributed by atoms with E-state index in [1.807, 2.05) is 20.8 Å². The highest BCUT2D eigenvalue weighted by Crippen LogP contribution is 2.25. The van der Waals surface area contributed by atoms with Crippen LogP contribution in [0.1, 0.15) is 31.4 Å². The first-order valence-electron chi connectivity index (χ1n) is 9.41. The number of nitrogens with zero attached hydrogens (tertiary/aromatic N) is 1. The number of methoxy groups -OCH3 is 1. The van der Waals surface area contributed by atoms with Gasteiger partial charge in [0.1, 0.15) is 6.04 Å². The molecule has 0 heterocycles. The molecule has 0 aliphatic carbocycles. The van der Waals surface area contributed by atoms with E-state index < -0.39 is 22.0 Å². The fraction of sp³-hybridized carbons (Fsp3) is 0.333. The van der Waals surface area contributed by atoms with Crippen LogP contribution in [0.15, 0.2) is 52.5 Å². The Hall–Kier alpha value is -2.91. The molecule has 0 aromatic heterocycles. The third kappa shape index (κ3) is 6.57. The van der Waals surface area contributed by atoms with Gasteiger partial charge in [-0.05, 0) is 55.2 Å². The van der Waals surface area contributed by atoms with Gasteiger partial charge in [-0.1, -0.05) is 31.5 Å². The highest BCUT2D eigenvalue weighted by molar-refractivity contribution is 7.89. The van der Waals surface area contributed by atoms with Gasteiger partial charge in [0, 0.05) is 0 Å². The van der Waals surface area contributed by atoms with Crippen LogP contribution in [0.4, 0.5) is 0 Å². The maximum Gasteiger partial charge on any atom is 0.258 e. The molecule has 30 heavy (non-hydrogen) atoms. The molecule has 162 valence electrons. The zero-order chi connectivity index (χ0) is 22.3. The van der Waals surface area contributed by atoms with E-state index in [1.165, 1.54) is 31.5 Å². The van der Waals surface area contributed by atoms with E-state index in [4.69, 9.17) is 4.74 Å². The number of amides is 1. The van der Waals surface area contributed by atoms with Crippen molar-refractivity contribution in [3.05, 3.63) is 53.6 Å². The molecule has 0 spiro atoms. The Kier molecular flexibility index (Phi) is 7.96. The molecule has 0 bridgehead atoms. The van der Waals surface area contributed by atoms with E-state index in [9.17, 15) is 18.3 Å². The first kappa shape index (κ1) is 23.4. The summed E-state index contributed by atoms with van der Waals surface area (Å²) < 4.78 is 32.8. The maximum atomic E-state index is 12.7. The van der Waals surface area contributed by atoms with Crippen molar-refractivity contribution >= 4 is 22.1 Å². The van der Waals surface area contributed by atoms with Crippen molar-refractivity contribution in [3.63, 3.8) is 0 Å². The minimum Gasteiger partial charge on any atom is -0.504 e. The number of hydrogen-bond acceptors (Lipinski definition) is 6. The van der Waals surface area contributed by atoms with E-state index in [1.54, 1.807) is 24.3 Å². The Morgan fingerprint density at radius 1 is 1.20 bits per heavy atom.